The molecule has 2 rings (SSSR count). The molecule has 2 aromatic rings. The number of ether oxygens (including phenoxy) is 1. The fraction of sp³-hybridized carbons (Fsp3) is 0.125. The van der Waals surface area contributed by atoms with Crippen molar-refractivity contribution in [3.63, 3.8) is 0 Å². The summed E-state index contributed by atoms with van der Waals surface area (Å²) in [5.41, 5.74) is 0.407. The predicted molar refractivity (Wildman–Crippen MR) is 89.0 cm³/mol. The number of hydrogen-bond donors (Lipinski definition) is 1. The lowest BCUT2D eigenvalue weighted by Gasteiger charge is -2.04. The minimum Gasteiger partial charge on any atom is -0.479 e. The second-order valence-electron chi connectivity index (χ2n) is 4.14. The average Bonchev–Trinajstić information content (AvgIpc) is 2.54. The Bertz CT molecular complexity index is 711. The van der Waals surface area contributed by atoms with E-state index in [4.69, 9.17) is 16.3 Å². The Balaban J connectivity index is 1.78. The smallest absolute Gasteiger partial charge is 0.253 e. The van der Waals surface area contributed by atoms with E-state index >= 15 is 0 Å². The highest BCUT2D eigenvalue weighted by molar-refractivity contribution is 9.10. The van der Waals surface area contributed by atoms with Crippen LogP contribution in [-0.4, -0.2) is 24.0 Å². The number of nitrogens with zero attached hydrogens (tertiary/aromatic N) is 1. The highest BCUT2D eigenvalue weighted by Crippen LogP contribution is 2.20. The maximum Gasteiger partial charge on any atom is 0.253 e. The van der Waals surface area contributed by atoms with Gasteiger partial charge in [-0.2, -0.15) is 0 Å². The van der Waals surface area contributed by atoms with Crippen LogP contribution in [0, 0.1) is 11.8 Å². The molecule has 6 heteroatoms. The zero-order valence-corrected chi connectivity index (χ0v) is 13.8. The lowest BCUT2D eigenvalue weighted by Crippen LogP contribution is -2.24. The van der Waals surface area contributed by atoms with E-state index in [1.165, 1.54) is 0 Å². The van der Waals surface area contributed by atoms with Gasteiger partial charge in [-0.05, 0) is 30.3 Å². The highest BCUT2D eigenvalue weighted by Gasteiger charge is 2.09. The van der Waals surface area contributed by atoms with Gasteiger partial charge >= 0.3 is 0 Å². The van der Waals surface area contributed by atoms with Gasteiger partial charge in [-0.1, -0.05) is 39.4 Å². The molecule has 22 heavy (non-hydrogen) atoms. The van der Waals surface area contributed by atoms with E-state index in [0.717, 1.165) is 4.47 Å². The molecule has 0 spiro atoms. The van der Waals surface area contributed by atoms with E-state index in [0.29, 0.717) is 16.3 Å². The summed E-state index contributed by atoms with van der Waals surface area (Å²) in [5.74, 6) is 6.00. The fourth-order valence-corrected chi connectivity index (χ4v) is 2.12. The Morgan fingerprint density at radius 1 is 1.36 bits per heavy atom. The number of amides is 1. The van der Waals surface area contributed by atoms with E-state index in [2.05, 4.69) is 38.1 Å². The molecule has 4 nitrogen and oxygen atoms in total. The maximum atomic E-state index is 11.9. The third-order valence-corrected chi connectivity index (χ3v) is 3.40. The number of aromatic nitrogens is 1. The summed E-state index contributed by atoms with van der Waals surface area (Å²) in [7, 11) is 0. The highest BCUT2D eigenvalue weighted by atomic mass is 79.9. The Labute approximate surface area is 142 Å². The van der Waals surface area contributed by atoms with Gasteiger partial charge < -0.3 is 10.1 Å². The minimum absolute atomic E-state index is 0.220. The van der Waals surface area contributed by atoms with Gasteiger partial charge in [0.15, 0.2) is 0 Å². The number of carbonyl (C=O) groups is 1. The first-order valence-corrected chi connectivity index (χ1v) is 7.55. The monoisotopic (exact) mass is 378 g/mol. The van der Waals surface area contributed by atoms with E-state index in [9.17, 15) is 4.79 Å². The summed E-state index contributed by atoms with van der Waals surface area (Å²) in [4.78, 5) is 15.9. The van der Waals surface area contributed by atoms with Gasteiger partial charge in [-0.3, -0.25) is 9.78 Å². The van der Waals surface area contributed by atoms with Crippen LogP contribution in [0.15, 0.2) is 47.2 Å². The average molecular weight is 380 g/mol. The molecule has 0 aliphatic carbocycles. The fourth-order valence-electron chi connectivity index (χ4n) is 1.56. The third kappa shape index (κ3) is 5.06. The summed E-state index contributed by atoms with van der Waals surface area (Å²) in [6, 6.07) is 8.68. The van der Waals surface area contributed by atoms with E-state index < -0.39 is 0 Å². The van der Waals surface area contributed by atoms with Crippen LogP contribution in [0.3, 0.4) is 0 Å². The molecule has 1 aromatic heterocycles. The Kier molecular flexibility index (Phi) is 6.26. The van der Waals surface area contributed by atoms with Crippen LogP contribution >= 0.6 is 27.5 Å². The van der Waals surface area contributed by atoms with Gasteiger partial charge in [-0.15, -0.1) is 0 Å². The van der Waals surface area contributed by atoms with Crippen molar-refractivity contribution in [2.24, 2.45) is 0 Å². The van der Waals surface area contributed by atoms with Crippen molar-refractivity contribution in [2.45, 2.75) is 0 Å². The van der Waals surface area contributed by atoms with E-state index in [1.54, 1.807) is 42.7 Å². The summed E-state index contributed by atoms with van der Waals surface area (Å²) < 4.78 is 6.15. The van der Waals surface area contributed by atoms with E-state index in [-0.39, 0.29) is 19.1 Å². The van der Waals surface area contributed by atoms with Crippen LogP contribution in [0.4, 0.5) is 0 Å². The molecule has 0 saturated heterocycles. The van der Waals surface area contributed by atoms with Crippen molar-refractivity contribution >= 4 is 33.4 Å². The molecule has 1 aromatic carbocycles. The number of nitrogens with one attached hydrogen (secondary N) is 1. The summed E-state index contributed by atoms with van der Waals surface area (Å²) >= 11 is 9.28. The number of carbonyl (C=O) groups excluding carboxylic acids is 1. The quantitative estimate of drug-likeness (QED) is 0.829. The maximum absolute atomic E-state index is 11.9. The lowest BCUT2D eigenvalue weighted by molar-refractivity contribution is 0.0959. The van der Waals surface area contributed by atoms with Crippen LogP contribution < -0.4 is 10.1 Å². The van der Waals surface area contributed by atoms with Crippen molar-refractivity contribution in [3.05, 3.63) is 57.8 Å². The first kappa shape index (κ1) is 16.3. The first-order chi connectivity index (χ1) is 10.7. The predicted octanol–water partition coefficient (Wildman–Crippen LogP) is 3.31. The van der Waals surface area contributed by atoms with Gasteiger partial charge in [0, 0.05) is 10.7 Å². The molecule has 1 amide bonds. The van der Waals surface area contributed by atoms with Crippen molar-refractivity contribution in [1.29, 1.82) is 0 Å². The van der Waals surface area contributed by atoms with Crippen molar-refractivity contribution in [2.75, 3.05) is 13.2 Å². The van der Waals surface area contributed by atoms with Gasteiger partial charge in [0.1, 0.15) is 12.4 Å². The number of rotatable bonds is 4. The molecule has 0 aliphatic rings. The SMILES string of the molecule is O=C(NCC#CCOc1cccnc1)c1cc(Br)ccc1Cl. The molecule has 0 fully saturated rings. The van der Waals surface area contributed by atoms with Crippen LogP contribution in [0.25, 0.3) is 0 Å². The van der Waals surface area contributed by atoms with Gasteiger partial charge in [-0.25, -0.2) is 0 Å². The summed E-state index contributed by atoms with van der Waals surface area (Å²) in [6.45, 7) is 0.456. The molecule has 0 atom stereocenters. The molecule has 0 unspecified atom stereocenters. The molecule has 1 heterocycles. The number of pyridine rings is 1. The largest absolute Gasteiger partial charge is 0.479 e. The Hall–Kier alpha value is -2.03. The standard InChI is InChI=1S/C16H12BrClN2O2/c17-12-5-6-15(18)14(10-12)16(21)20-8-1-2-9-22-13-4-3-7-19-11-13/h3-7,10-11H,8-9H2,(H,20,21). The minimum atomic E-state index is -0.270. The van der Waals surface area contributed by atoms with Crippen LogP contribution in [0.1, 0.15) is 10.4 Å². The zero-order chi connectivity index (χ0) is 15.8. The molecule has 1 N–H and O–H groups in total. The second kappa shape index (κ2) is 8.42. The Morgan fingerprint density at radius 3 is 3.00 bits per heavy atom. The topological polar surface area (TPSA) is 51.2 Å². The van der Waals surface area contributed by atoms with Crippen molar-refractivity contribution in [1.82, 2.24) is 10.3 Å². The van der Waals surface area contributed by atoms with E-state index in [1.807, 2.05) is 0 Å². The van der Waals surface area contributed by atoms with Crippen molar-refractivity contribution < 1.29 is 9.53 Å². The molecule has 0 saturated carbocycles. The number of halogens is 2. The molecule has 0 bridgehead atoms. The molecule has 0 radical (unpaired) electrons. The molecular formula is C16H12BrClN2O2. The third-order valence-electron chi connectivity index (χ3n) is 2.58. The van der Waals surface area contributed by atoms with Crippen LogP contribution in [0.2, 0.25) is 5.02 Å². The second-order valence-corrected chi connectivity index (χ2v) is 5.46. The van der Waals surface area contributed by atoms with Gasteiger partial charge in [0.05, 0.1) is 23.3 Å². The summed E-state index contributed by atoms with van der Waals surface area (Å²) in [6.07, 6.45) is 3.28. The first-order valence-electron chi connectivity index (χ1n) is 6.38. The molecule has 0 aliphatic heterocycles. The van der Waals surface area contributed by atoms with Crippen LogP contribution in [0.5, 0.6) is 5.75 Å². The molecular weight excluding hydrogens is 368 g/mol. The van der Waals surface area contributed by atoms with Crippen LogP contribution in [-0.2, 0) is 0 Å². The zero-order valence-electron chi connectivity index (χ0n) is 11.5. The Morgan fingerprint density at radius 2 is 2.23 bits per heavy atom. The van der Waals surface area contributed by atoms with Gasteiger partial charge in [0.25, 0.3) is 5.91 Å². The molecule has 112 valence electrons. The number of benzene rings is 1. The number of hydrogen-bond acceptors (Lipinski definition) is 3. The summed E-state index contributed by atoms with van der Waals surface area (Å²) in [5, 5.41) is 3.08. The van der Waals surface area contributed by atoms with Crippen molar-refractivity contribution in [3.8, 4) is 17.6 Å². The lowest BCUT2D eigenvalue weighted by atomic mass is 10.2. The normalized spacial score (nSPS) is 9.55. The van der Waals surface area contributed by atoms with Gasteiger partial charge in [0.2, 0.25) is 0 Å².